The third kappa shape index (κ3) is 2.99. The Bertz CT molecular complexity index is 384. The first kappa shape index (κ1) is 12.4. The molecule has 0 saturated carbocycles. The molecular formula is C14H22N2O. The van der Waals surface area contributed by atoms with Gasteiger partial charge in [0.15, 0.2) is 0 Å². The SMILES string of the molecule is COC1Cc2ccccc2N(CC(C)(C)N)C1. The lowest BCUT2D eigenvalue weighted by molar-refractivity contribution is 0.103. The fourth-order valence-corrected chi connectivity index (χ4v) is 2.45. The standard InChI is InChI=1S/C14H22N2O/c1-14(2,15)10-16-9-12(17-3)8-11-6-4-5-7-13(11)16/h4-7,12H,8-10,15H2,1-3H3. The van der Waals surface area contributed by atoms with Gasteiger partial charge in [0.1, 0.15) is 0 Å². The maximum Gasteiger partial charge on any atom is 0.0787 e. The Morgan fingerprint density at radius 1 is 1.41 bits per heavy atom. The number of rotatable bonds is 3. The summed E-state index contributed by atoms with van der Waals surface area (Å²) < 4.78 is 5.51. The number of para-hydroxylation sites is 1. The molecule has 17 heavy (non-hydrogen) atoms. The van der Waals surface area contributed by atoms with Gasteiger partial charge in [-0.05, 0) is 25.5 Å². The zero-order chi connectivity index (χ0) is 12.5. The number of anilines is 1. The molecule has 3 nitrogen and oxygen atoms in total. The minimum Gasteiger partial charge on any atom is -0.379 e. The van der Waals surface area contributed by atoms with E-state index < -0.39 is 0 Å². The van der Waals surface area contributed by atoms with Crippen LogP contribution in [0.5, 0.6) is 0 Å². The minimum atomic E-state index is -0.192. The summed E-state index contributed by atoms with van der Waals surface area (Å²) in [5.41, 5.74) is 8.60. The van der Waals surface area contributed by atoms with E-state index in [0.29, 0.717) is 0 Å². The van der Waals surface area contributed by atoms with Gasteiger partial charge in [0.2, 0.25) is 0 Å². The van der Waals surface area contributed by atoms with Gasteiger partial charge < -0.3 is 15.4 Å². The number of fused-ring (bicyclic) bond motifs is 1. The lowest BCUT2D eigenvalue weighted by Crippen LogP contribution is -2.50. The zero-order valence-electron chi connectivity index (χ0n) is 10.9. The van der Waals surface area contributed by atoms with E-state index in [0.717, 1.165) is 19.5 Å². The van der Waals surface area contributed by atoms with Crippen LogP contribution in [0.15, 0.2) is 24.3 Å². The van der Waals surface area contributed by atoms with Crippen LogP contribution in [0.1, 0.15) is 19.4 Å². The molecule has 1 aliphatic rings. The first-order valence-corrected chi connectivity index (χ1v) is 6.14. The van der Waals surface area contributed by atoms with Crippen LogP contribution in [-0.4, -0.2) is 31.8 Å². The normalized spacial score (nSPS) is 20.2. The molecule has 0 saturated heterocycles. The number of nitrogens with two attached hydrogens (primary N) is 1. The second-order valence-electron chi connectivity index (χ2n) is 5.56. The second kappa shape index (κ2) is 4.67. The lowest BCUT2D eigenvalue weighted by Gasteiger charge is -2.39. The van der Waals surface area contributed by atoms with E-state index in [-0.39, 0.29) is 11.6 Å². The molecule has 1 unspecified atom stereocenters. The van der Waals surface area contributed by atoms with E-state index in [4.69, 9.17) is 10.5 Å². The third-order valence-corrected chi connectivity index (χ3v) is 3.14. The summed E-state index contributed by atoms with van der Waals surface area (Å²) in [6, 6.07) is 8.52. The molecule has 1 heterocycles. The van der Waals surface area contributed by atoms with E-state index in [9.17, 15) is 0 Å². The van der Waals surface area contributed by atoms with Crippen LogP contribution in [-0.2, 0) is 11.2 Å². The van der Waals surface area contributed by atoms with Gasteiger partial charge in [-0.25, -0.2) is 0 Å². The summed E-state index contributed by atoms with van der Waals surface area (Å²) in [4.78, 5) is 2.34. The van der Waals surface area contributed by atoms with Crippen LogP contribution >= 0.6 is 0 Å². The number of hydrogen-bond acceptors (Lipinski definition) is 3. The predicted molar refractivity (Wildman–Crippen MR) is 71.4 cm³/mol. The number of ether oxygens (including phenoxy) is 1. The first-order valence-electron chi connectivity index (χ1n) is 6.14. The average molecular weight is 234 g/mol. The van der Waals surface area contributed by atoms with Crippen LogP contribution in [0.2, 0.25) is 0 Å². The van der Waals surface area contributed by atoms with Gasteiger partial charge in [0, 0.05) is 37.8 Å². The Morgan fingerprint density at radius 2 is 2.12 bits per heavy atom. The predicted octanol–water partition coefficient (Wildman–Crippen LogP) is 1.80. The van der Waals surface area contributed by atoms with Crippen molar-refractivity contribution in [3.05, 3.63) is 29.8 Å². The van der Waals surface area contributed by atoms with E-state index in [1.807, 2.05) is 0 Å². The van der Waals surface area contributed by atoms with E-state index in [2.05, 4.69) is 43.0 Å². The summed E-state index contributed by atoms with van der Waals surface area (Å²) in [6.07, 6.45) is 1.26. The Balaban J connectivity index is 2.26. The van der Waals surface area contributed by atoms with Crippen molar-refractivity contribution in [1.82, 2.24) is 0 Å². The molecule has 0 spiro atoms. The number of methoxy groups -OCH3 is 1. The largest absolute Gasteiger partial charge is 0.379 e. The lowest BCUT2D eigenvalue weighted by atomic mass is 9.97. The summed E-state index contributed by atoms with van der Waals surface area (Å²) in [6.45, 7) is 5.90. The molecule has 1 atom stereocenters. The first-order chi connectivity index (χ1) is 7.99. The quantitative estimate of drug-likeness (QED) is 0.866. The Morgan fingerprint density at radius 3 is 2.76 bits per heavy atom. The summed E-state index contributed by atoms with van der Waals surface area (Å²) >= 11 is 0. The minimum absolute atomic E-state index is 0.192. The van der Waals surface area contributed by atoms with Crippen LogP contribution in [0, 0.1) is 0 Å². The Labute approximate surface area is 104 Å². The molecule has 1 aliphatic heterocycles. The van der Waals surface area contributed by atoms with E-state index in [1.165, 1.54) is 11.3 Å². The van der Waals surface area contributed by atoms with Crippen molar-refractivity contribution >= 4 is 5.69 Å². The van der Waals surface area contributed by atoms with Gasteiger partial charge in [-0.2, -0.15) is 0 Å². The third-order valence-electron chi connectivity index (χ3n) is 3.14. The highest BCUT2D eigenvalue weighted by molar-refractivity contribution is 5.56. The van der Waals surface area contributed by atoms with Crippen LogP contribution in [0.25, 0.3) is 0 Å². The highest BCUT2D eigenvalue weighted by atomic mass is 16.5. The smallest absolute Gasteiger partial charge is 0.0787 e. The van der Waals surface area contributed by atoms with Gasteiger partial charge in [-0.3, -0.25) is 0 Å². The van der Waals surface area contributed by atoms with Crippen molar-refractivity contribution in [2.45, 2.75) is 31.9 Å². The molecule has 94 valence electrons. The van der Waals surface area contributed by atoms with Gasteiger partial charge in [0.05, 0.1) is 6.10 Å². The molecule has 0 amide bonds. The average Bonchev–Trinajstić information content (AvgIpc) is 2.26. The molecule has 2 rings (SSSR count). The van der Waals surface area contributed by atoms with Crippen molar-refractivity contribution in [1.29, 1.82) is 0 Å². The highest BCUT2D eigenvalue weighted by Crippen LogP contribution is 2.28. The molecular weight excluding hydrogens is 212 g/mol. The molecule has 0 bridgehead atoms. The summed E-state index contributed by atoms with van der Waals surface area (Å²) in [7, 11) is 1.78. The monoisotopic (exact) mass is 234 g/mol. The maximum atomic E-state index is 6.13. The molecule has 0 fully saturated rings. The highest BCUT2D eigenvalue weighted by Gasteiger charge is 2.26. The van der Waals surface area contributed by atoms with E-state index >= 15 is 0 Å². The molecule has 1 aromatic rings. The molecule has 3 heteroatoms. The number of hydrogen-bond donors (Lipinski definition) is 1. The van der Waals surface area contributed by atoms with Gasteiger partial charge >= 0.3 is 0 Å². The van der Waals surface area contributed by atoms with Crippen LogP contribution in [0.3, 0.4) is 0 Å². The fourth-order valence-electron chi connectivity index (χ4n) is 2.45. The van der Waals surface area contributed by atoms with Crippen molar-refractivity contribution in [2.24, 2.45) is 5.73 Å². The maximum absolute atomic E-state index is 6.13. The van der Waals surface area contributed by atoms with Crippen molar-refractivity contribution in [2.75, 3.05) is 25.1 Å². The van der Waals surface area contributed by atoms with Crippen LogP contribution in [0.4, 0.5) is 5.69 Å². The zero-order valence-corrected chi connectivity index (χ0v) is 10.9. The van der Waals surface area contributed by atoms with Crippen molar-refractivity contribution in [3.8, 4) is 0 Å². The molecule has 0 aliphatic carbocycles. The van der Waals surface area contributed by atoms with Crippen LogP contribution < -0.4 is 10.6 Å². The molecule has 1 aromatic carbocycles. The van der Waals surface area contributed by atoms with Crippen molar-refractivity contribution in [3.63, 3.8) is 0 Å². The Hall–Kier alpha value is -1.06. The van der Waals surface area contributed by atoms with Gasteiger partial charge in [-0.1, -0.05) is 18.2 Å². The van der Waals surface area contributed by atoms with E-state index in [1.54, 1.807) is 7.11 Å². The summed E-state index contributed by atoms with van der Waals surface area (Å²) in [5, 5.41) is 0. The number of benzene rings is 1. The van der Waals surface area contributed by atoms with Crippen molar-refractivity contribution < 1.29 is 4.74 Å². The summed E-state index contributed by atoms with van der Waals surface area (Å²) in [5.74, 6) is 0. The van der Waals surface area contributed by atoms with Gasteiger partial charge in [0.25, 0.3) is 0 Å². The van der Waals surface area contributed by atoms with Gasteiger partial charge in [-0.15, -0.1) is 0 Å². The fraction of sp³-hybridized carbons (Fsp3) is 0.571. The molecule has 0 radical (unpaired) electrons. The number of nitrogens with zero attached hydrogens (tertiary/aromatic N) is 1. The Kier molecular flexibility index (Phi) is 3.40. The topological polar surface area (TPSA) is 38.5 Å². The molecule has 0 aromatic heterocycles. The second-order valence-corrected chi connectivity index (χ2v) is 5.56. The molecule has 2 N–H and O–H groups in total.